The standard InChI is InChI=1S/C13H18ClNO2/c1-9-3-2-4-10(6-5-9)15-13(16)11-7-8-12(14)17-11/h7-10H,2-6H2,1H3,(H,15,16). The SMILES string of the molecule is CC1CCCC(NC(=O)c2ccc(Cl)o2)CC1. The van der Waals surface area contributed by atoms with Gasteiger partial charge in [0.25, 0.3) is 5.91 Å². The summed E-state index contributed by atoms with van der Waals surface area (Å²) in [6, 6.07) is 3.47. The monoisotopic (exact) mass is 255 g/mol. The minimum Gasteiger partial charge on any atom is -0.440 e. The molecule has 1 fully saturated rings. The zero-order valence-electron chi connectivity index (χ0n) is 10.0. The van der Waals surface area contributed by atoms with Crippen LogP contribution in [-0.4, -0.2) is 11.9 Å². The Morgan fingerprint density at radius 1 is 1.35 bits per heavy atom. The fraction of sp³-hybridized carbons (Fsp3) is 0.615. The Bertz CT molecular complexity index is 389. The van der Waals surface area contributed by atoms with Crippen LogP contribution in [0.25, 0.3) is 0 Å². The number of carbonyl (C=O) groups excluding carboxylic acids is 1. The first-order chi connectivity index (χ1) is 8.15. The summed E-state index contributed by atoms with van der Waals surface area (Å²) >= 11 is 5.65. The summed E-state index contributed by atoms with van der Waals surface area (Å²) in [6.07, 6.45) is 5.75. The molecule has 1 aromatic rings. The maximum absolute atomic E-state index is 11.9. The van der Waals surface area contributed by atoms with Crippen molar-refractivity contribution in [1.29, 1.82) is 0 Å². The van der Waals surface area contributed by atoms with Gasteiger partial charge in [0.2, 0.25) is 0 Å². The molecule has 1 saturated carbocycles. The quantitative estimate of drug-likeness (QED) is 0.820. The van der Waals surface area contributed by atoms with E-state index in [0.29, 0.717) is 5.76 Å². The van der Waals surface area contributed by atoms with E-state index in [1.54, 1.807) is 12.1 Å². The first-order valence-electron chi connectivity index (χ1n) is 6.21. The Hall–Kier alpha value is -0.960. The lowest BCUT2D eigenvalue weighted by molar-refractivity contribution is 0.0905. The van der Waals surface area contributed by atoms with Crippen LogP contribution in [0.2, 0.25) is 5.22 Å². The molecule has 2 atom stereocenters. The molecule has 0 spiro atoms. The van der Waals surface area contributed by atoms with Gasteiger partial charge in [0.15, 0.2) is 11.0 Å². The number of hydrogen-bond acceptors (Lipinski definition) is 2. The minimum absolute atomic E-state index is 0.156. The van der Waals surface area contributed by atoms with Crippen molar-refractivity contribution >= 4 is 17.5 Å². The van der Waals surface area contributed by atoms with E-state index < -0.39 is 0 Å². The Kier molecular flexibility index (Phi) is 4.11. The highest BCUT2D eigenvalue weighted by molar-refractivity contribution is 6.29. The van der Waals surface area contributed by atoms with E-state index in [9.17, 15) is 4.79 Å². The van der Waals surface area contributed by atoms with Gasteiger partial charge < -0.3 is 9.73 Å². The van der Waals surface area contributed by atoms with Crippen LogP contribution in [0, 0.1) is 5.92 Å². The number of amides is 1. The van der Waals surface area contributed by atoms with Gasteiger partial charge in [-0.05, 0) is 48.9 Å². The zero-order valence-corrected chi connectivity index (χ0v) is 10.8. The summed E-state index contributed by atoms with van der Waals surface area (Å²) in [7, 11) is 0. The normalized spacial score (nSPS) is 25.3. The summed E-state index contributed by atoms with van der Waals surface area (Å²) < 4.78 is 5.09. The second-order valence-corrected chi connectivity index (χ2v) is 5.26. The maximum Gasteiger partial charge on any atom is 0.287 e. The van der Waals surface area contributed by atoms with Crippen LogP contribution < -0.4 is 5.32 Å². The van der Waals surface area contributed by atoms with Crippen LogP contribution in [0.5, 0.6) is 0 Å². The van der Waals surface area contributed by atoms with Crippen LogP contribution in [0.1, 0.15) is 49.6 Å². The Morgan fingerprint density at radius 3 is 2.88 bits per heavy atom. The molecule has 0 aliphatic heterocycles. The fourth-order valence-electron chi connectivity index (χ4n) is 2.32. The summed E-state index contributed by atoms with van der Waals surface area (Å²) in [4.78, 5) is 11.9. The van der Waals surface area contributed by atoms with Crippen molar-refractivity contribution < 1.29 is 9.21 Å². The van der Waals surface area contributed by atoms with Crippen LogP contribution >= 0.6 is 11.6 Å². The van der Waals surface area contributed by atoms with Crippen LogP contribution in [0.15, 0.2) is 16.5 Å². The minimum atomic E-state index is -0.156. The van der Waals surface area contributed by atoms with Gasteiger partial charge in [-0.25, -0.2) is 0 Å². The van der Waals surface area contributed by atoms with E-state index in [-0.39, 0.29) is 17.2 Å². The van der Waals surface area contributed by atoms with E-state index in [0.717, 1.165) is 18.8 Å². The zero-order chi connectivity index (χ0) is 12.3. The molecule has 94 valence electrons. The fourth-order valence-corrected chi connectivity index (χ4v) is 2.47. The molecule has 3 nitrogen and oxygen atoms in total. The molecule has 0 bridgehead atoms. The number of halogens is 1. The molecule has 1 amide bonds. The van der Waals surface area contributed by atoms with Crippen LogP contribution in [-0.2, 0) is 0 Å². The second-order valence-electron chi connectivity index (χ2n) is 4.89. The first-order valence-corrected chi connectivity index (χ1v) is 6.59. The molecule has 1 N–H and O–H groups in total. The van der Waals surface area contributed by atoms with Gasteiger partial charge in [0, 0.05) is 6.04 Å². The van der Waals surface area contributed by atoms with Crippen LogP contribution in [0.4, 0.5) is 0 Å². The van der Waals surface area contributed by atoms with Gasteiger partial charge in [-0.15, -0.1) is 0 Å². The van der Waals surface area contributed by atoms with Gasteiger partial charge in [-0.2, -0.15) is 0 Å². The van der Waals surface area contributed by atoms with E-state index in [1.807, 2.05) is 0 Å². The van der Waals surface area contributed by atoms with Crippen molar-refractivity contribution in [1.82, 2.24) is 5.32 Å². The highest BCUT2D eigenvalue weighted by Crippen LogP contribution is 2.23. The molecule has 0 aromatic carbocycles. The summed E-state index contributed by atoms with van der Waals surface area (Å²) in [5.41, 5.74) is 0. The molecule has 1 aromatic heterocycles. The Balaban J connectivity index is 1.90. The van der Waals surface area contributed by atoms with Crippen molar-refractivity contribution in [2.24, 2.45) is 5.92 Å². The predicted molar refractivity (Wildman–Crippen MR) is 67.2 cm³/mol. The predicted octanol–water partition coefficient (Wildman–Crippen LogP) is 3.63. The van der Waals surface area contributed by atoms with E-state index in [2.05, 4.69) is 12.2 Å². The van der Waals surface area contributed by atoms with Crippen molar-refractivity contribution in [3.63, 3.8) is 0 Å². The molecule has 0 radical (unpaired) electrons. The molecule has 2 unspecified atom stereocenters. The lowest BCUT2D eigenvalue weighted by Gasteiger charge is -2.15. The number of hydrogen-bond donors (Lipinski definition) is 1. The molecule has 1 aliphatic rings. The average Bonchev–Trinajstić information content (AvgIpc) is 2.62. The smallest absolute Gasteiger partial charge is 0.287 e. The van der Waals surface area contributed by atoms with Gasteiger partial charge in [0.1, 0.15) is 0 Å². The number of rotatable bonds is 2. The third-order valence-electron chi connectivity index (χ3n) is 3.39. The third-order valence-corrected chi connectivity index (χ3v) is 3.59. The lowest BCUT2D eigenvalue weighted by Crippen LogP contribution is -2.34. The Labute approximate surface area is 107 Å². The molecule has 1 heterocycles. The van der Waals surface area contributed by atoms with E-state index in [1.165, 1.54) is 19.3 Å². The molecule has 2 rings (SSSR count). The van der Waals surface area contributed by atoms with Gasteiger partial charge in [-0.1, -0.05) is 19.8 Å². The maximum atomic E-state index is 11.9. The molecular weight excluding hydrogens is 238 g/mol. The molecular formula is C13H18ClNO2. The number of carbonyl (C=O) groups is 1. The molecule has 4 heteroatoms. The van der Waals surface area contributed by atoms with Gasteiger partial charge >= 0.3 is 0 Å². The third kappa shape index (κ3) is 3.50. The summed E-state index contributed by atoms with van der Waals surface area (Å²) in [6.45, 7) is 2.27. The van der Waals surface area contributed by atoms with Crippen molar-refractivity contribution in [2.75, 3.05) is 0 Å². The molecule has 17 heavy (non-hydrogen) atoms. The van der Waals surface area contributed by atoms with Crippen molar-refractivity contribution in [2.45, 2.75) is 45.1 Å². The van der Waals surface area contributed by atoms with Crippen molar-refractivity contribution in [3.8, 4) is 0 Å². The molecule has 0 saturated heterocycles. The van der Waals surface area contributed by atoms with Gasteiger partial charge in [0.05, 0.1) is 0 Å². The number of nitrogens with one attached hydrogen (secondary N) is 1. The highest BCUT2D eigenvalue weighted by atomic mass is 35.5. The highest BCUT2D eigenvalue weighted by Gasteiger charge is 2.19. The van der Waals surface area contributed by atoms with Crippen LogP contribution in [0.3, 0.4) is 0 Å². The topological polar surface area (TPSA) is 42.2 Å². The second kappa shape index (κ2) is 5.58. The Morgan fingerprint density at radius 2 is 2.18 bits per heavy atom. The van der Waals surface area contributed by atoms with E-state index >= 15 is 0 Å². The number of furan rings is 1. The van der Waals surface area contributed by atoms with E-state index in [4.69, 9.17) is 16.0 Å². The summed E-state index contributed by atoms with van der Waals surface area (Å²) in [5, 5.41) is 3.27. The summed E-state index contributed by atoms with van der Waals surface area (Å²) in [5.74, 6) is 0.915. The lowest BCUT2D eigenvalue weighted by atomic mass is 10.0. The largest absolute Gasteiger partial charge is 0.440 e. The van der Waals surface area contributed by atoms with Gasteiger partial charge in [-0.3, -0.25) is 4.79 Å². The first kappa shape index (κ1) is 12.5. The average molecular weight is 256 g/mol. The molecule has 1 aliphatic carbocycles. The van der Waals surface area contributed by atoms with Crippen molar-refractivity contribution in [3.05, 3.63) is 23.1 Å².